The van der Waals surface area contributed by atoms with Crippen LogP contribution in [-0.2, 0) is 6.42 Å². The van der Waals surface area contributed by atoms with E-state index in [2.05, 4.69) is 61.3 Å². The number of fused-ring (bicyclic) bond motifs is 3. The van der Waals surface area contributed by atoms with Gasteiger partial charge in [0.2, 0.25) is 0 Å². The van der Waals surface area contributed by atoms with Crippen molar-refractivity contribution in [2.75, 3.05) is 20.1 Å². The molecule has 1 nitrogen and oxygen atoms in total. The van der Waals surface area contributed by atoms with E-state index >= 15 is 0 Å². The smallest absolute Gasteiger partial charge is 0.00501 e. The molecule has 4 rings (SSSR count). The minimum atomic E-state index is 0.751. The van der Waals surface area contributed by atoms with Crippen LogP contribution in [0.2, 0.25) is 0 Å². The van der Waals surface area contributed by atoms with Gasteiger partial charge in [-0.1, -0.05) is 42.5 Å². The second-order valence-electron chi connectivity index (χ2n) is 6.85. The molecular weight excluding hydrogens is 254 g/mol. The third-order valence-electron chi connectivity index (χ3n) is 5.44. The van der Waals surface area contributed by atoms with Gasteiger partial charge in [0.25, 0.3) is 0 Å². The highest BCUT2D eigenvalue weighted by atomic mass is 15.1. The Balaban J connectivity index is 1.79. The van der Waals surface area contributed by atoms with Crippen molar-refractivity contribution in [3.05, 3.63) is 59.2 Å². The summed E-state index contributed by atoms with van der Waals surface area (Å²) in [4.78, 5) is 2.50. The zero-order valence-corrected chi connectivity index (χ0v) is 13.0. The van der Waals surface area contributed by atoms with Crippen molar-refractivity contribution in [2.45, 2.75) is 25.7 Å². The van der Waals surface area contributed by atoms with E-state index in [0.717, 1.165) is 11.8 Å². The number of hydrogen-bond acceptors (Lipinski definition) is 1. The van der Waals surface area contributed by atoms with E-state index in [1.54, 1.807) is 11.1 Å². The molecule has 2 aliphatic rings. The van der Waals surface area contributed by atoms with Gasteiger partial charge in [-0.3, -0.25) is 0 Å². The highest BCUT2D eigenvalue weighted by Gasteiger charge is 2.36. The van der Waals surface area contributed by atoms with Crippen LogP contribution >= 0.6 is 0 Å². The van der Waals surface area contributed by atoms with Gasteiger partial charge in [-0.05, 0) is 67.1 Å². The molecule has 1 aliphatic heterocycles. The molecule has 2 atom stereocenters. The Morgan fingerprint density at radius 2 is 1.86 bits per heavy atom. The summed E-state index contributed by atoms with van der Waals surface area (Å²) in [6.45, 7) is 4.79. The fourth-order valence-electron chi connectivity index (χ4n) is 4.27. The molecule has 2 aromatic carbocycles. The van der Waals surface area contributed by atoms with Crippen molar-refractivity contribution in [2.24, 2.45) is 5.92 Å². The van der Waals surface area contributed by atoms with Gasteiger partial charge < -0.3 is 4.90 Å². The second kappa shape index (κ2) is 4.99. The van der Waals surface area contributed by atoms with E-state index in [9.17, 15) is 0 Å². The maximum absolute atomic E-state index is 2.50. The van der Waals surface area contributed by atoms with Crippen molar-refractivity contribution in [3.8, 4) is 11.1 Å². The highest BCUT2D eigenvalue weighted by molar-refractivity contribution is 5.67. The lowest BCUT2D eigenvalue weighted by Gasteiger charge is -2.33. The normalized spacial score (nSPS) is 24.7. The van der Waals surface area contributed by atoms with Crippen LogP contribution in [0.15, 0.2) is 42.5 Å². The first-order valence-electron chi connectivity index (χ1n) is 8.10. The SMILES string of the molecule is Cc1cc(-c2ccccc2)cc2c1CC1CCN(C)CC21. The number of nitrogens with zero attached hydrogens (tertiary/aromatic N) is 1. The van der Waals surface area contributed by atoms with Gasteiger partial charge in [0.05, 0.1) is 0 Å². The average Bonchev–Trinajstić information content (AvgIpc) is 2.87. The number of aryl methyl sites for hydroxylation is 1. The molecule has 1 aliphatic carbocycles. The average molecular weight is 277 g/mol. The standard InChI is InChI=1S/C20H23N/c1-14-10-17(15-6-4-3-5-7-15)12-19-18(14)11-16-8-9-21(2)13-20(16)19/h3-7,10,12,16,20H,8-9,11,13H2,1-2H3. The monoisotopic (exact) mass is 277 g/mol. The van der Waals surface area contributed by atoms with E-state index in [0.29, 0.717) is 0 Å². The summed E-state index contributed by atoms with van der Waals surface area (Å²) in [5.74, 6) is 1.63. The number of benzene rings is 2. The van der Waals surface area contributed by atoms with Gasteiger partial charge in [-0.25, -0.2) is 0 Å². The van der Waals surface area contributed by atoms with E-state index in [4.69, 9.17) is 0 Å². The molecule has 21 heavy (non-hydrogen) atoms. The summed E-state index contributed by atoms with van der Waals surface area (Å²) >= 11 is 0. The van der Waals surface area contributed by atoms with E-state index in [-0.39, 0.29) is 0 Å². The minimum Gasteiger partial charge on any atom is -0.306 e. The van der Waals surface area contributed by atoms with Crippen molar-refractivity contribution < 1.29 is 0 Å². The van der Waals surface area contributed by atoms with Crippen LogP contribution in [0.3, 0.4) is 0 Å². The Labute approximate surface area is 127 Å². The molecule has 0 N–H and O–H groups in total. The molecular formula is C20H23N. The zero-order valence-electron chi connectivity index (χ0n) is 13.0. The molecule has 0 amide bonds. The first-order valence-corrected chi connectivity index (χ1v) is 8.10. The van der Waals surface area contributed by atoms with Gasteiger partial charge in [0.1, 0.15) is 0 Å². The van der Waals surface area contributed by atoms with Gasteiger partial charge in [0, 0.05) is 12.5 Å². The molecule has 1 heteroatoms. The quantitative estimate of drug-likeness (QED) is 0.753. The lowest BCUT2D eigenvalue weighted by atomic mass is 9.86. The minimum absolute atomic E-state index is 0.751. The molecule has 0 saturated carbocycles. The largest absolute Gasteiger partial charge is 0.306 e. The Hall–Kier alpha value is -1.60. The Morgan fingerprint density at radius 3 is 2.67 bits per heavy atom. The van der Waals surface area contributed by atoms with Crippen LogP contribution in [0.25, 0.3) is 11.1 Å². The molecule has 0 radical (unpaired) electrons. The van der Waals surface area contributed by atoms with Crippen LogP contribution in [0, 0.1) is 12.8 Å². The molecule has 0 aromatic heterocycles. The summed E-state index contributed by atoms with van der Waals surface area (Å²) in [5.41, 5.74) is 7.49. The highest BCUT2D eigenvalue weighted by Crippen LogP contribution is 2.45. The third-order valence-corrected chi connectivity index (χ3v) is 5.44. The number of rotatable bonds is 1. The van der Waals surface area contributed by atoms with Crippen molar-refractivity contribution in [3.63, 3.8) is 0 Å². The van der Waals surface area contributed by atoms with Gasteiger partial charge in [-0.2, -0.15) is 0 Å². The molecule has 2 aromatic rings. The van der Waals surface area contributed by atoms with Crippen molar-refractivity contribution in [1.29, 1.82) is 0 Å². The molecule has 0 bridgehead atoms. The summed E-state index contributed by atoms with van der Waals surface area (Å²) < 4.78 is 0. The summed E-state index contributed by atoms with van der Waals surface area (Å²) in [7, 11) is 2.27. The number of likely N-dealkylation sites (tertiary alicyclic amines) is 1. The maximum Gasteiger partial charge on any atom is 0.00501 e. The Kier molecular flexibility index (Phi) is 3.11. The van der Waals surface area contributed by atoms with Crippen LogP contribution < -0.4 is 0 Å². The molecule has 1 saturated heterocycles. The second-order valence-corrected chi connectivity index (χ2v) is 6.85. The van der Waals surface area contributed by atoms with Crippen LogP contribution in [0.5, 0.6) is 0 Å². The fraction of sp³-hybridized carbons (Fsp3) is 0.400. The van der Waals surface area contributed by atoms with Gasteiger partial charge in [0.15, 0.2) is 0 Å². The predicted octanol–water partition coefficient (Wildman–Crippen LogP) is 4.25. The van der Waals surface area contributed by atoms with Gasteiger partial charge in [-0.15, -0.1) is 0 Å². The topological polar surface area (TPSA) is 3.24 Å². The first-order chi connectivity index (χ1) is 10.2. The van der Waals surface area contributed by atoms with Crippen LogP contribution in [0.1, 0.15) is 29.0 Å². The lowest BCUT2D eigenvalue weighted by molar-refractivity contribution is 0.200. The summed E-state index contributed by atoms with van der Waals surface area (Å²) in [6, 6.07) is 15.7. The number of hydrogen-bond donors (Lipinski definition) is 0. The summed E-state index contributed by atoms with van der Waals surface area (Å²) in [5, 5.41) is 0. The zero-order chi connectivity index (χ0) is 14.4. The Morgan fingerprint density at radius 1 is 1.05 bits per heavy atom. The first kappa shape index (κ1) is 13.1. The number of likely N-dealkylation sites (N-methyl/N-ethyl adjacent to an activating group) is 1. The summed E-state index contributed by atoms with van der Waals surface area (Å²) in [6.07, 6.45) is 2.66. The maximum atomic E-state index is 2.50. The molecule has 108 valence electrons. The van der Waals surface area contributed by atoms with E-state index in [1.807, 2.05) is 0 Å². The molecule has 1 heterocycles. The lowest BCUT2D eigenvalue weighted by Crippen LogP contribution is -2.34. The number of piperidine rings is 1. The molecule has 2 unspecified atom stereocenters. The molecule has 1 fully saturated rings. The van der Waals surface area contributed by atoms with E-state index < -0.39 is 0 Å². The van der Waals surface area contributed by atoms with Crippen LogP contribution in [-0.4, -0.2) is 25.0 Å². The van der Waals surface area contributed by atoms with Gasteiger partial charge >= 0.3 is 0 Å². The molecule has 0 spiro atoms. The Bertz CT molecular complexity index is 659. The van der Waals surface area contributed by atoms with Crippen molar-refractivity contribution in [1.82, 2.24) is 4.90 Å². The van der Waals surface area contributed by atoms with Crippen LogP contribution in [0.4, 0.5) is 0 Å². The van der Waals surface area contributed by atoms with E-state index in [1.165, 1.54) is 42.6 Å². The third kappa shape index (κ3) is 2.20. The predicted molar refractivity (Wildman–Crippen MR) is 88.7 cm³/mol. The van der Waals surface area contributed by atoms with Crippen molar-refractivity contribution >= 4 is 0 Å². The fourth-order valence-corrected chi connectivity index (χ4v) is 4.27.